The first-order valence-corrected chi connectivity index (χ1v) is 16.8. The number of aryl methyl sites for hydroxylation is 1. The van der Waals surface area contributed by atoms with Gasteiger partial charge in [0.05, 0.1) is 35.4 Å². The molecule has 0 aliphatic heterocycles. The Morgan fingerprint density at radius 1 is 1.07 bits per heavy atom. The first kappa shape index (κ1) is 30.8. The maximum absolute atomic E-state index is 13.5. The lowest BCUT2D eigenvalue weighted by molar-refractivity contribution is -0.115. The number of carbonyl (C=O) groups is 3. The van der Waals surface area contributed by atoms with Gasteiger partial charge in [-0.15, -0.1) is 32.9 Å². The van der Waals surface area contributed by atoms with Crippen LogP contribution in [0.3, 0.4) is 0 Å². The van der Waals surface area contributed by atoms with Gasteiger partial charge >= 0.3 is 5.97 Å². The molecule has 10 nitrogen and oxygen atoms in total. The molecule has 43 heavy (non-hydrogen) atoms. The molecule has 2 N–H and O–H groups in total. The van der Waals surface area contributed by atoms with Crippen molar-refractivity contribution in [2.75, 3.05) is 18.5 Å². The zero-order valence-electron chi connectivity index (χ0n) is 24.2. The van der Waals surface area contributed by atoms with Crippen LogP contribution in [0.25, 0.3) is 5.69 Å². The molecule has 5 rings (SSSR count). The fourth-order valence-corrected chi connectivity index (χ4v) is 7.57. The van der Waals surface area contributed by atoms with E-state index in [-0.39, 0.29) is 25.0 Å². The second-order valence-electron chi connectivity index (χ2n) is 9.71. The van der Waals surface area contributed by atoms with Gasteiger partial charge in [0.25, 0.3) is 5.91 Å². The van der Waals surface area contributed by atoms with Gasteiger partial charge in [-0.25, -0.2) is 4.79 Å². The minimum Gasteiger partial charge on any atom is -0.494 e. The number of carbonyl (C=O) groups excluding carboxylic acids is 3. The molecule has 1 aliphatic rings. The van der Waals surface area contributed by atoms with Crippen LogP contribution in [0.15, 0.2) is 46.9 Å². The van der Waals surface area contributed by atoms with E-state index >= 15 is 0 Å². The number of aromatic nitrogens is 3. The summed E-state index contributed by atoms with van der Waals surface area (Å²) in [7, 11) is 0. The number of esters is 1. The highest BCUT2D eigenvalue weighted by Crippen LogP contribution is 2.39. The fourth-order valence-electron chi connectivity index (χ4n) is 4.76. The number of ether oxygens (including phenoxy) is 2. The molecule has 0 radical (unpaired) electrons. The number of anilines is 1. The summed E-state index contributed by atoms with van der Waals surface area (Å²) in [5, 5.41) is 17.0. The van der Waals surface area contributed by atoms with Gasteiger partial charge in [-0.1, -0.05) is 17.8 Å². The van der Waals surface area contributed by atoms with E-state index in [4.69, 9.17) is 9.47 Å². The SMILES string of the molecule is CCOC(=O)c1c(NC(=O)C(C)Sc2nnc(CNC(=O)c3cccs3)n2-c2ccc(OCC)cc2)sc2c1CCCC2. The quantitative estimate of drug-likeness (QED) is 0.145. The molecule has 1 aliphatic carbocycles. The lowest BCUT2D eigenvalue weighted by Crippen LogP contribution is -2.25. The monoisotopic (exact) mass is 639 g/mol. The Balaban J connectivity index is 1.37. The minimum absolute atomic E-state index is 0.141. The van der Waals surface area contributed by atoms with Crippen LogP contribution in [-0.4, -0.2) is 51.0 Å². The lowest BCUT2D eigenvalue weighted by atomic mass is 9.95. The normalized spacial score (nSPS) is 13.2. The third-order valence-electron chi connectivity index (χ3n) is 6.80. The number of fused-ring (bicyclic) bond motifs is 1. The third kappa shape index (κ3) is 7.11. The molecule has 0 saturated heterocycles. The molecule has 0 spiro atoms. The Hall–Kier alpha value is -3.68. The molecule has 226 valence electrons. The number of thiophene rings is 2. The van der Waals surface area contributed by atoms with Gasteiger partial charge in [-0.2, -0.15) is 0 Å². The summed E-state index contributed by atoms with van der Waals surface area (Å²) in [6.07, 6.45) is 3.76. The van der Waals surface area contributed by atoms with E-state index in [1.807, 2.05) is 47.2 Å². The van der Waals surface area contributed by atoms with Crippen molar-refractivity contribution in [1.29, 1.82) is 0 Å². The Morgan fingerprint density at radius 2 is 1.86 bits per heavy atom. The van der Waals surface area contributed by atoms with Crippen molar-refractivity contribution < 1.29 is 23.9 Å². The Labute approximate surface area is 262 Å². The first-order valence-electron chi connectivity index (χ1n) is 14.2. The van der Waals surface area contributed by atoms with Gasteiger partial charge in [0, 0.05) is 10.6 Å². The van der Waals surface area contributed by atoms with Gasteiger partial charge in [0.15, 0.2) is 11.0 Å². The zero-order valence-corrected chi connectivity index (χ0v) is 26.6. The maximum atomic E-state index is 13.5. The Kier molecular flexibility index (Phi) is 10.2. The number of hydrogen-bond acceptors (Lipinski definition) is 10. The highest BCUT2D eigenvalue weighted by atomic mass is 32.2. The van der Waals surface area contributed by atoms with Crippen molar-refractivity contribution in [3.05, 3.63) is 68.5 Å². The largest absolute Gasteiger partial charge is 0.494 e. The molecule has 0 fully saturated rings. The van der Waals surface area contributed by atoms with Crippen LogP contribution in [0.4, 0.5) is 5.00 Å². The van der Waals surface area contributed by atoms with Crippen molar-refractivity contribution in [1.82, 2.24) is 20.1 Å². The van der Waals surface area contributed by atoms with Crippen LogP contribution < -0.4 is 15.4 Å². The standard InChI is InChI=1S/C30H33N5O5S3/c1-4-39-20-14-12-19(13-15-20)35-24(17-31-27(37)23-11-8-16-41-23)33-34-30(35)42-18(3)26(36)32-28-25(29(38)40-5-2)21-9-6-7-10-22(21)43-28/h8,11-16,18H,4-7,9-10,17H2,1-3H3,(H,31,37)(H,32,36). The number of amides is 2. The van der Waals surface area contributed by atoms with E-state index in [1.165, 1.54) is 34.4 Å². The lowest BCUT2D eigenvalue weighted by Gasteiger charge is -2.15. The summed E-state index contributed by atoms with van der Waals surface area (Å²) in [6.45, 7) is 6.43. The molecular weight excluding hydrogens is 607 g/mol. The molecule has 0 saturated carbocycles. The van der Waals surface area contributed by atoms with Gasteiger partial charge in [-0.05, 0) is 87.7 Å². The number of thioether (sulfide) groups is 1. The highest BCUT2D eigenvalue weighted by molar-refractivity contribution is 8.00. The summed E-state index contributed by atoms with van der Waals surface area (Å²) in [5.74, 6) is 0.378. The Bertz CT molecular complexity index is 1580. The summed E-state index contributed by atoms with van der Waals surface area (Å²) < 4.78 is 12.8. The smallest absolute Gasteiger partial charge is 0.341 e. The van der Waals surface area contributed by atoms with Crippen molar-refractivity contribution >= 4 is 57.2 Å². The molecule has 1 aromatic carbocycles. The van der Waals surface area contributed by atoms with Crippen LogP contribution >= 0.6 is 34.4 Å². The first-order chi connectivity index (χ1) is 20.9. The predicted octanol–water partition coefficient (Wildman–Crippen LogP) is 5.89. The van der Waals surface area contributed by atoms with Gasteiger partial charge in [0.2, 0.25) is 5.91 Å². The summed E-state index contributed by atoms with van der Waals surface area (Å²) in [6, 6.07) is 11.1. The zero-order chi connectivity index (χ0) is 30.3. The second-order valence-corrected chi connectivity index (χ2v) is 13.1. The van der Waals surface area contributed by atoms with E-state index in [9.17, 15) is 14.4 Å². The van der Waals surface area contributed by atoms with Crippen molar-refractivity contribution in [3.8, 4) is 11.4 Å². The van der Waals surface area contributed by atoms with E-state index in [1.54, 1.807) is 19.9 Å². The molecule has 4 aromatic rings. The fraction of sp³-hybridized carbons (Fsp3) is 0.367. The molecular formula is C30H33N5O5S3. The molecule has 13 heteroatoms. The predicted molar refractivity (Wildman–Crippen MR) is 169 cm³/mol. The van der Waals surface area contributed by atoms with Crippen LogP contribution in [0.1, 0.15) is 69.9 Å². The van der Waals surface area contributed by atoms with Crippen LogP contribution in [0.5, 0.6) is 5.75 Å². The molecule has 1 unspecified atom stereocenters. The van der Waals surface area contributed by atoms with Gasteiger partial charge < -0.3 is 20.1 Å². The van der Waals surface area contributed by atoms with E-state index in [2.05, 4.69) is 20.8 Å². The van der Waals surface area contributed by atoms with Crippen molar-refractivity contribution in [2.24, 2.45) is 0 Å². The number of benzene rings is 1. The summed E-state index contributed by atoms with van der Waals surface area (Å²) in [5.41, 5.74) is 2.24. The van der Waals surface area contributed by atoms with E-state index in [0.717, 1.165) is 47.6 Å². The average Bonchev–Trinajstić information content (AvgIpc) is 3.76. The second kappa shape index (κ2) is 14.2. The number of hydrogen-bond donors (Lipinski definition) is 2. The van der Waals surface area contributed by atoms with Gasteiger partial charge in [-0.3, -0.25) is 14.2 Å². The molecule has 2 amide bonds. The summed E-state index contributed by atoms with van der Waals surface area (Å²) in [4.78, 5) is 40.7. The van der Waals surface area contributed by atoms with Crippen molar-refractivity contribution in [3.63, 3.8) is 0 Å². The minimum atomic E-state index is -0.576. The molecule has 0 bridgehead atoms. The summed E-state index contributed by atoms with van der Waals surface area (Å²) >= 11 is 4.06. The van der Waals surface area contributed by atoms with Gasteiger partial charge in [0.1, 0.15) is 10.8 Å². The maximum Gasteiger partial charge on any atom is 0.341 e. The number of rotatable bonds is 12. The molecule has 3 aromatic heterocycles. The van der Waals surface area contributed by atoms with Crippen molar-refractivity contribution in [2.45, 2.75) is 63.4 Å². The van der Waals surface area contributed by atoms with E-state index in [0.29, 0.717) is 33.0 Å². The van der Waals surface area contributed by atoms with Crippen LogP contribution in [-0.2, 0) is 28.9 Å². The molecule has 1 atom stereocenters. The van der Waals surface area contributed by atoms with Crippen LogP contribution in [0.2, 0.25) is 0 Å². The highest BCUT2D eigenvalue weighted by Gasteiger charge is 2.29. The van der Waals surface area contributed by atoms with Crippen LogP contribution in [0, 0.1) is 0 Å². The topological polar surface area (TPSA) is 124 Å². The number of nitrogens with zero attached hydrogens (tertiary/aromatic N) is 3. The third-order valence-corrected chi connectivity index (χ3v) is 9.92. The molecule has 3 heterocycles. The average molecular weight is 640 g/mol. The number of nitrogens with one attached hydrogen (secondary N) is 2. The Morgan fingerprint density at radius 3 is 2.58 bits per heavy atom. The van der Waals surface area contributed by atoms with E-state index < -0.39 is 11.2 Å².